The molecule has 1 aromatic carbocycles. The molecule has 1 aromatic heterocycles. The van der Waals surface area contributed by atoms with E-state index in [0.29, 0.717) is 18.0 Å². The fourth-order valence-electron chi connectivity index (χ4n) is 3.09. The van der Waals surface area contributed by atoms with Crippen molar-refractivity contribution in [1.29, 1.82) is 5.53 Å². The maximum absolute atomic E-state index is 7.46. The smallest absolute Gasteiger partial charge is 0.186 e. The van der Waals surface area contributed by atoms with Crippen LogP contribution in [0.2, 0.25) is 0 Å². The monoisotopic (exact) mass is 376 g/mol. The molecule has 0 bridgehead atoms. The highest BCUT2D eigenvalue weighted by Gasteiger charge is 2.17. The van der Waals surface area contributed by atoms with E-state index in [1.54, 1.807) is 11.3 Å². The Balaban J connectivity index is 1.62. The van der Waals surface area contributed by atoms with Gasteiger partial charge in [0.1, 0.15) is 11.4 Å². The molecular formula is C19H28N4O2S. The largest absolute Gasteiger partial charge is 0.491 e. The van der Waals surface area contributed by atoms with Crippen molar-refractivity contribution in [3.05, 3.63) is 12.1 Å². The van der Waals surface area contributed by atoms with Crippen molar-refractivity contribution >= 4 is 32.4 Å². The van der Waals surface area contributed by atoms with Gasteiger partial charge in [0.2, 0.25) is 0 Å². The summed E-state index contributed by atoms with van der Waals surface area (Å²) in [4.78, 5) is 7.01. The summed E-state index contributed by atoms with van der Waals surface area (Å²) in [5.41, 5.74) is 8.96. The Labute approximate surface area is 159 Å². The van der Waals surface area contributed by atoms with Gasteiger partial charge in [-0.3, -0.25) is 0 Å². The van der Waals surface area contributed by atoms with Crippen LogP contribution in [0.5, 0.6) is 5.75 Å². The fraction of sp³-hybridized carbons (Fsp3) is 0.632. The predicted molar refractivity (Wildman–Crippen MR) is 106 cm³/mol. The van der Waals surface area contributed by atoms with Crippen molar-refractivity contribution in [2.75, 3.05) is 37.8 Å². The molecule has 1 N–H and O–H groups in total. The first-order valence-electron chi connectivity index (χ1n) is 9.59. The lowest BCUT2D eigenvalue weighted by Crippen LogP contribution is -2.36. The van der Waals surface area contributed by atoms with Crippen LogP contribution in [0.4, 0.5) is 10.8 Å². The van der Waals surface area contributed by atoms with Gasteiger partial charge in [0.25, 0.3) is 0 Å². The van der Waals surface area contributed by atoms with Crippen molar-refractivity contribution in [1.82, 2.24) is 4.98 Å². The summed E-state index contributed by atoms with van der Waals surface area (Å²) < 4.78 is 12.4. The minimum atomic E-state index is 0.584. The third-order valence-corrected chi connectivity index (χ3v) is 5.69. The van der Waals surface area contributed by atoms with E-state index in [2.05, 4.69) is 16.9 Å². The number of rotatable bonds is 10. The Morgan fingerprint density at radius 3 is 2.73 bits per heavy atom. The van der Waals surface area contributed by atoms with Gasteiger partial charge in [0.15, 0.2) is 5.13 Å². The van der Waals surface area contributed by atoms with E-state index in [1.165, 1.54) is 32.1 Å². The Morgan fingerprint density at radius 1 is 1.19 bits per heavy atom. The Kier molecular flexibility index (Phi) is 7.20. The number of hydrogen-bond acceptors (Lipinski definition) is 7. The molecule has 2 heterocycles. The maximum Gasteiger partial charge on any atom is 0.186 e. The molecule has 0 spiro atoms. The summed E-state index contributed by atoms with van der Waals surface area (Å²) in [7, 11) is 0. The summed E-state index contributed by atoms with van der Waals surface area (Å²) in [5, 5.41) is 4.66. The number of hydrogen-bond donors (Lipinski definition) is 1. The lowest BCUT2D eigenvalue weighted by molar-refractivity contribution is 0.122. The van der Waals surface area contributed by atoms with Crippen LogP contribution in [-0.4, -0.2) is 37.9 Å². The zero-order chi connectivity index (χ0) is 18.2. The van der Waals surface area contributed by atoms with E-state index in [9.17, 15) is 0 Å². The number of fused-ring (bicyclic) bond motifs is 1. The summed E-state index contributed by atoms with van der Waals surface area (Å²) >= 11 is 1.64. The third-order valence-electron chi connectivity index (χ3n) is 4.62. The number of ether oxygens (including phenoxy) is 2. The van der Waals surface area contributed by atoms with Gasteiger partial charge in [0.05, 0.1) is 30.0 Å². The van der Waals surface area contributed by atoms with E-state index < -0.39 is 0 Å². The summed E-state index contributed by atoms with van der Waals surface area (Å²) in [5.74, 6) is 0.667. The molecule has 3 rings (SSSR count). The molecule has 2 aromatic rings. The third kappa shape index (κ3) is 4.92. The molecule has 26 heavy (non-hydrogen) atoms. The second-order valence-corrected chi connectivity index (χ2v) is 7.62. The van der Waals surface area contributed by atoms with Crippen LogP contribution in [0, 0.1) is 5.53 Å². The minimum Gasteiger partial charge on any atom is -0.491 e. The molecule has 0 unspecified atom stereocenters. The fourth-order valence-corrected chi connectivity index (χ4v) is 4.12. The zero-order valence-electron chi connectivity index (χ0n) is 15.5. The zero-order valence-corrected chi connectivity index (χ0v) is 16.3. The SMILES string of the molecule is CCCCCCCCOc1cc2nc(N3CCOCC3)sc2cc1N=N. The summed E-state index contributed by atoms with van der Waals surface area (Å²) in [6.45, 7) is 6.13. The average Bonchev–Trinajstić information content (AvgIpc) is 3.10. The highest BCUT2D eigenvalue weighted by molar-refractivity contribution is 7.22. The van der Waals surface area contributed by atoms with Gasteiger partial charge in [-0.1, -0.05) is 50.4 Å². The van der Waals surface area contributed by atoms with Crippen LogP contribution in [-0.2, 0) is 4.74 Å². The van der Waals surface area contributed by atoms with Crippen LogP contribution < -0.4 is 9.64 Å². The van der Waals surface area contributed by atoms with Gasteiger partial charge in [-0.2, -0.15) is 5.11 Å². The van der Waals surface area contributed by atoms with E-state index in [4.69, 9.17) is 20.0 Å². The number of benzene rings is 1. The lowest BCUT2D eigenvalue weighted by Gasteiger charge is -2.25. The molecule has 0 saturated carbocycles. The van der Waals surface area contributed by atoms with E-state index in [1.807, 2.05) is 12.1 Å². The number of anilines is 1. The molecule has 0 radical (unpaired) electrons. The Bertz CT molecular complexity index is 713. The topological polar surface area (TPSA) is 70.8 Å². The first-order chi connectivity index (χ1) is 12.8. The second-order valence-electron chi connectivity index (χ2n) is 6.61. The van der Waals surface area contributed by atoms with Gasteiger partial charge in [-0.25, -0.2) is 10.5 Å². The maximum atomic E-state index is 7.46. The summed E-state index contributed by atoms with van der Waals surface area (Å²) in [6.07, 6.45) is 7.38. The van der Waals surface area contributed by atoms with Gasteiger partial charge < -0.3 is 14.4 Å². The van der Waals surface area contributed by atoms with Crippen LogP contribution in [0.15, 0.2) is 17.2 Å². The first kappa shape index (κ1) is 19.0. The normalized spacial score (nSPS) is 14.7. The highest BCUT2D eigenvalue weighted by Crippen LogP contribution is 2.37. The Morgan fingerprint density at radius 2 is 1.96 bits per heavy atom. The van der Waals surface area contributed by atoms with Gasteiger partial charge >= 0.3 is 0 Å². The van der Waals surface area contributed by atoms with Crippen molar-refractivity contribution in [2.45, 2.75) is 45.4 Å². The number of unbranched alkanes of at least 4 members (excludes halogenated alkanes) is 5. The lowest BCUT2D eigenvalue weighted by atomic mass is 10.1. The number of thiazole rings is 1. The molecule has 142 valence electrons. The van der Waals surface area contributed by atoms with Crippen LogP contribution >= 0.6 is 11.3 Å². The average molecular weight is 377 g/mol. The van der Waals surface area contributed by atoms with Crippen molar-refractivity contribution in [3.8, 4) is 5.75 Å². The molecule has 1 aliphatic rings. The van der Waals surface area contributed by atoms with Gasteiger partial charge in [0, 0.05) is 19.2 Å². The van der Waals surface area contributed by atoms with Crippen molar-refractivity contribution < 1.29 is 9.47 Å². The van der Waals surface area contributed by atoms with E-state index in [0.717, 1.165) is 48.1 Å². The van der Waals surface area contributed by atoms with Crippen LogP contribution in [0.25, 0.3) is 10.2 Å². The molecule has 0 atom stereocenters. The Hall–Kier alpha value is -1.73. The molecule has 0 aliphatic carbocycles. The predicted octanol–water partition coefficient (Wildman–Crippen LogP) is 5.53. The van der Waals surface area contributed by atoms with Gasteiger partial charge in [-0.05, 0) is 12.5 Å². The molecule has 7 heteroatoms. The van der Waals surface area contributed by atoms with Crippen LogP contribution in [0.3, 0.4) is 0 Å². The molecule has 0 amide bonds. The van der Waals surface area contributed by atoms with Crippen molar-refractivity contribution in [2.24, 2.45) is 5.11 Å². The molecular weight excluding hydrogens is 348 g/mol. The number of aromatic nitrogens is 1. The number of morpholine rings is 1. The van der Waals surface area contributed by atoms with Gasteiger partial charge in [-0.15, -0.1) is 0 Å². The van der Waals surface area contributed by atoms with E-state index >= 15 is 0 Å². The number of nitrogens with zero attached hydrogens (tertiary/aromatic N) is 3. The van der Waals surface area contributed by atoms with E-state index in [-0.39, 0.29) is 0 Å². The molecule has 1 fully saturated rings. The standard InChI is InChI=1S/C19H28N4O2S/c1-2-3-4-5-6-7-10-25-17-13-16-18(14-15(17)22-20)26-19(21-16)23-8-11-24-12-9-23/h13-14,20H,2-12H2,1H3. The summed E-state index contributed by atoms with van der Waals surface area (Å²) in [6, 6.07) is 3.85. The van der Waals surface area contributed by atoms with Crippen LogP contribution in [0.1, 0.15) is 45.4 Å². The highest BCUT2D eigenvalue weighted by atomic mass is 32.1. The number of nitrogens with one attached hydrogen (secondary N) is 1. The van der Waals surface area contributed by atoms with Crippen molar-refractivity contribution in [3.63, 3.8) is 0 Å². The minimum absolute atomic E-state index is 0.584. The first-order valence-corrected chi connectivity index (χ1v) is 10.4. The molecule has 1 aliphatic heterocycles. The molecule has 6 nitrogen and oxygen atoms in total. The quantitative estimate of drug-likeness (QED) is 0.437. The second kappa shape index (κ2) is 9.83. The molecule has 1 saturated heterocycles.